The molecule has 2 aliphatic heterocycles. The summed E-state index contributed by atoms with van der Waals surface area (Å²) >= 11 is 0. The van der Waals surface area contributed by atoms with Crippen molar-refractivity contribution in [2.45, 2.75) is 81.9 Å². The van der Waals surface area contributed by atoms with E-state index in [-0.39, 0.29) is 47.0 Å². The number of piperazine rings is 1. The minimum atomic E-state index is -4.02. The molecule has 72 heavy (non-hydrogen) atoms. The van der Waals surface area contributed by atoms with Crippen molar-refractivity contribution in [1.29, 1.82) is 0 Å². The maximum atomic E-state index is 12.6. The molecule has 0 amide bonds. The number of aromatic hydroxyl groups is 1. The summed E-state index contributed by atoms with van der Waals surface area (Å²) in [6.07, 6.45) is 3.30. The van der Waals surface area contributed by atoms with Crippen LogP contribution in [-0.2, 0) is 46.2 Å². The third-order valence-electron chi connectivity index (χ3n) is 12.3. The van der Waals surface area contributed by atoms with Gasteiger partial charge in [-0.1, -0.05) is 59.2 Å². The zero-order valence-corrected chi connectivity index (χ0v) is 42.5. The van der Waals surface area contributed by atoms with E-state index in [0.717, 1.165) is 71.1 Å². The molecule has 0 spiro atoms. The van der Waals surface area contributed by atoms with Crippen LogP contribution in [0.5, 0.6) is 5.75 Å². The van der Waals surface area contributed by atoms with E-state index in [4.69, 9.17) is 24.1 Å². The smallest absolute Gasteiger partial charge is 0.350 e. The van der Waals surface area contributed by atoms with Crippen LogP contribution in [0.25, 0.3) is 5.69 Å². The number of aromatic nitrogens is 6. The van der Waals surface area contributed by atoms with Crippen molar-refractivity contribution >= 4 is 31.6 Å². The van der Waals surface area contributed by atoms with E-state index < -0.39 is 38.2 Å². The number of ether oxygens (including phenoxy) is 2. The molecule has 3 N–H and O–H groups in total. The van der Waals surface area contributed by atoms with Crippen LogP contribution in [0, 0.1) is 27.7 Å². The molecule has 5 aromatic carbocycles. The van der Waals surface area contributed by atoms with E-state index in [1.54, 1.807) is 61.3 Å². The molecule has 4 atom stereocenters. The van der Waals surface area contributed by atoms with Gasteiger partial charge in [0, 0.05) is 49.1 Å². The lowest BCUT2D eigenvalue weighted by molar-refractivity contribution is -0.191. The van der Waals surface area contributed by atoms with Crippen LogP contribution >= 0.6 is 0 Å². The number of anilines is 2. The second-order valence-corrected chi connectivity index (χ2v) is 20.8. The van der Waals surface area contributed by atoms with Crippen LogP contribution in [0.2, 0.25) is 0 Å². The lowest BCUT2D eigenvalue weighted by Gasteiger charge is -2.37. The Kier molecular flexibility index (Phi) is 15.9. The molecule has 7 aromatic rings. The van der Waals surface area contributed by atoms with E-state index in [9.17, 15) is 31.8 Å². The molecule has 19 nitrogen and oxygen atoms in total. The quantitative estimate of drug-likeness (QED) is 0.0813. The van der Waals surface area contributed by atoms with E-state index >= 15 is 0 Å². The van der Waals surface area contributed by atoms with Gasteiger partial charge < -0.3 is 29.5 Å². The van der Waals surface area contributed by atoms with Crippen molar-refractivity contribution in [1.82, 2.24) is 29.1 Å². The summed E-state index contributed by atoms with van der Waals surface area (Å²) in [6, 6.07) is 33.3. The van der Waals surface area contributed by atoms with Gasteiger partial charge in [0.15, 0.2) is 0 Å². The molecule has 386 valence electrons. The van der Waals surface area contributed by atoms with Crippen LogP contribution in [0.3, 0.4) is 0 Å². The van der Waals surface area contributed by atoms with Gasteiger partial charge >= 0.3 is 5.69 Å². The Bertz CT molecular complexity index is 3180. The van der Waals surface area contributed by atoms with E-state index in [1.807, 2.05) is 76.2 Å². The maximum Gasteiger partial charge on any atom is 0.350 e. The topological polar surface area (TPSA) is 234 Å². The number of aryl methyl sites for hydroxylation is 4. The molecule has 9 rings (SSSR count). The number of phenolic OH excluding ortho intramolecular Hbond substituents is 1. The minimum Gasteiger partial charge on any atom is -0.508 e. The standard InChI is InChI=1S/C22H27N5O3.C22H25N3O5S.C7H8O3S.2H2/c1-16(17(2)28)27-22(30)26(15-23-27)20-5-3-18(4-6-20)24-11-13-25(14-12-24)19-7-9-21(29)10-8-19;1-16-4-7-20(8-5-16)31(26,27)29-12-19-11-28-22(30-19,13-25-15-23-14-24-25)21-9-6-17(2)10-18(21)3;1-6-2-4-7(5-3-6)11(8,9)10;;/h3-10,15-17,28-29H,11-14H2,1-2H3;4-10,14-15,19H,11-13H2,1-3H3;2-5H,1H3,(H,8,9,10);2*1H/t16-,17-;19-,22+;;;/m00.../s1/i;;;1+2T;1+2D. The molecule has 0 aliphatic carbocycles. The van der Waals surface area contributed by atoms with Crippen molar-refractivity contribution < 1.29 is 51.2 Å². The van der Waals surface area contributed by atoms with Gasteiger partial charge in [0.2, 0.25) is 5.79 Å². The lowest BCUT2D eigenvalue weighted by atomic mass is 9.98. The van der Waals surface area contributed by atoms with Gasteiger partial charge in [-0.25, -0.2) is 23.7 Å². The molecule has 2 saturated heterocycles. The fourth-order valence-electron chi connectivity index (χ4n) is 8.06. The Morgan fingerprint density at radius 3 is 1.85 bits per heavy atom. The molecule has 4 heterocycles. The average Bonchev–Trinajstić information content (AvgIpc) is 4.19. The van der Waals surface area contributed by atoms with Gasteiger partial charge in [0.05, 0.1) is 40.8 Å². The second kappa shape index (κ2) is 22.8. The Labute approximate surface area is 425 Å². The summed E-state index contributed by atoms with van der Waals surface area (Å²) in [5, 5.41) is 27.5. The number of nitrogens with zero attached hydrogens (tertiary/aromatic N) is 8. The number of aliphatic hydroxyl groups is 1. The number of rotatable bonds is 13. The molecule has 0 bridgehead atoms. The molecule has 0 radical (unpaired) electrons. The van der Waals surface area contributed by atoms with Crippen LogP contribution in [0.4, 0.5) is 11.4 Å². The van der Waals surface area contributed by atoms with Crippen molar-refractivity contribution in [2.24, 2.45) is 0 Å². The van der Waals surface area contributed by atoms with E-state index in [0.29, 0.717) is 0 Å². The van der Waals surface area contributed by atoms with Gasteiger partial charge in [0.1, 0.15) is 37.4 Å². The predicted molar refractivity (Wildman–Crippen MR) is 275 cm³/mol. The fourth-order valence-corrected chi connectivity index (χ4v) is 9.48. The number of phenols is 1. The summed E-state index contributed by atoms with van der Waals surface area (Å²) in [6.45, 7) is 15.0. The van der Waals surface area contributed by atoms with Crippen molar-refractivity contribution in [3.8, 4) is 11.4 Å². The normalized spacial score (nSPS) is 18.1. The number of benzene rings is 5. The Morgan fingerprint density at radius 1 is 0.778 bits per heavy atom. The lowest BCUT2D eigenvalue weighted by Crippen LogP contribution is -2.46. The van der Waals surface area contributed by atoms with E-state index in [2.05, 4.69) is 31.0 Å². The molecular formula is C51H64N8O11S2. The van der Waals surface area contributed by atoms with E-state index in [1.165, 1.54) is 46.2 Å². The highest BCUT2D eigenvalue weighted by atomic mass is 32.2. The molecule has 2 aliphatic rings. The molecule has 0 unspecified atom stereocenters. The van der Waals surface area contributed by atoms with Crippen molar-refractivity contribution in [3.63, 3.8) is 0 Å². The van der Waals surface area contributed by atoms with Crippen molar-refractivity contribution in [2.75, 3.05) is 49.2 Å². The third-order valence-corrected chi connectivity index (χ3v) is 14.5. The molecule has 0 saturated carbocycles. The van der Waals surface area contributed by atoms with Crippen molar-refractivity contribution in [3.05, 3.63) is 173 Å². The highest BCUT2D eigenvalue weighted by Crippen LogP contribution is 2.38. The second-order valence-electron chi connectivity index (χ2n) is 17.8. The zero-order valence-electron chi connectivity index (χ0n) is 44.9. The largest absolute Gasteiger partial charge is 0.508 e. The predicted octanol–water partition coefficient (Wildman–Crippen LogP) is 6.62. The molecule has 2 fully saturated rings. The minimum absolute atomic E-state index is 0.0666. The maximum absolute atomic E-state index is 12.6. The Balaban J connectivity index is 0.000000223. The first kappa shape index (κ1) is 50.2. The molecule has 21 heteroatoms. The first-order chi connectivity index (χ1) is 36.2. The summed E-state index contributed by atoms with van der Waals surface area (Å²) in [5.41, 5.74) is 7.63. The molecule has 2 aromatic heterocycles. The highest BCUT2D eigenvalue weighted by molar-refractivity contribution is 7.86. The van der Waals surface area contributed by atoms with Crippen LogP contribution in [0.15, 0.2) is 149 Å². The molecular weight excluding hydrogens is 965 g/mol. The van der Waals surface area contributed by atoms with Gasteiger partial charge in [0.25, 0.3) is 20.2 Å². The van der Waals surface area contributed by atoms with Gasteiger partial charge in [-0.2, -0.15) is 27.0 Å². The Morgan fingerprint density at radius 2 is 1.32 bits per heavy atom. The van der Waals surface area contributed by atoms with Gasteiger partial charge in [-0.15, -0.1) is 0 Å². The first-order valence-electron chi connectivity index (χ1n) is 25.2. The SMILES string of the molecule is C[C@H](O)[C@H](C)n1ncn(-c2ccc(N3CCN(c4ccc(O)cc4)CC3)cc2)c1=O.Cc1ccc(S(=O)(=O)O)cc1.Cc1ccc(S(=O)(=O)OC[C@@H]2CO[C@@](Cn3cncn3)(c3ccc(C)cc3C)O2)cc1.[2H][3H].[3H][3H]. The third kappa shape index (κ3) is 13.2. The number of aliphatic hydroxyl groups excluding tert-OH is 1. The summed E-state index contributed by atoms with van der Waals surface area (Å²) < 4.78 is 96.8. The van der Waals surface area contributed by atoms with Crippen LogP contribution in [0.1, 0.15) is 53.6 Å². The van der Waals surface area contributed by atoms with Gasteiger partial charge in [-0.3, -0.25) is 8.74 Å². The number of hydrogen-bond acceptors (Lipinski definition) is 15. The summed E-state index contributed by atoms with van der Waals surface area (Å²) in [5.74, 6) is -0.838. The summed E-state index contributed by atoms with van der Waals surface area (Å²) in [4.78, 5) is 21.3. The monoisotopic (exact) mass is 1040 g/mol. The fraction of sp³-hybridized carbons (Fsp3) is 0.333. The summed E-state index contributed by atoms with van der Waals surface area (Å²) in [7, 11) is -7.91. The van der Waals surface area contributed by atoms with Crippen LogP contribution < -0.4 is 15.5 Å². The van der Waals surface area contributed by atoms with Gasteiger partial charge in [-0.05, 0) is 120 Å². The highest BCUT2D eigenvalue weighted by Gasteiger charge is 2.45. The van der Waals surface area contributed by atoms with Crippen LogP contribution in [-0.4, -0.2) is 112 Å². The zero-order chi connectivity index (χ0) is 55.8. The average molecular weight is 1040 g/mol. The Hall–Kier alpha value is -6.72. The first-order valence-corrected chi connectivity index (χ1v) is 26.0. The number of hydrogen-bond donors (Lipinski definition) is 3.